The molecule has 4 heteroatoms. The first-order valence-corrected chi connectivity index (χ1v) is 6.50. The summed E-state index contributed by atoms with van der Waals surface area (Å²) >= 11 is 4.30. The minimum absolute atomic E-state index is 0. The van der Waals surface area contributed by atoms with E-state index in [2.05, 4.69) is 65.1 Å². The normalized spacial score (nSPS) is 15.0. The number of halogens is 2. The molecule has 0 fully saturated rings. The fourth-order valence-electron chi connectivity index (χ4n) is 1.25. The maximum atomic E-state index is 2.29. The maximum Gasteiger partial charge on any atom is -1.00 e. The van der Waals surface area contributed by atoms with Crippen LogP contribution in [0, 0.1) is 0 Å². The Balaban J connectivity index is 0. The number of hydrogen-bond acceptors (Lipinski definition) is 1. The van der Waals surface area contributed by atoms with Gasteiger partial charge in [-0.1, -0.05) is 0 Å². The molecule has 0 atom stereocenters. The molecule has 0 unspecified atom stereocenters. The smallest absolute Gasteiger partial charge is 1.00 e. The molecule has 1 aliphatic rings. The van der Waals surface area contributed by atoms with E-state index in [-0.39, 0.29) is 24.8 Å². The Bertz CT molecular complexity index is 241. The predicted molar refractivity (Wildman–Crippen MR) is 57.6 cm³/mol. The Morgan fingerprint density at radius 3 is 2.33 bits per heavy atom. The Morgan fingerprint density at radius 1 is 1.33 bits per heavy atom. The van der Waals surface area contributed by atoms with Crippen LogP contribution in [-0.2, 0) is 20.4 Å². The second-order valence-electron chi connectivity index (χ2n) is 4.32. The second kappa shape index (κ2) is 8.25. The number of thioether (sulfide) groups is 1. The molecule has 0 radical (unpaired) electrons. The van der Waals surface area contributed by atoms with E-state index in [1.165, 1.54) is 18.6 Å². The first kappa shape index (κ1) is 18.5. The van der Waals surface area contributed by atoms with E-state index >= 15 is 0 Å². The first-order valence-electron chi connectivity index (χ1n) is 4.73. The molecular weight excluding hydrogens is 283 g/mol. The van der Waals surface area contributed by atoms with E-state index in [1.807, 2.05) is 0 Å². The van der Waals surface area contributed by atoms with Crippen LogP contribution in [0.5, 0.6) is 0 Å². The summed E-state index contributed by atoms with van der Waals surface area (Å²) in [5.41, 5.74) is 1.57. The number of rotatable bonds is 3. The summed E-state index contributed by atoms with van der Waals surface area (Å²) < 4.78 is 1.98. The molecule has 85 valence electrons. The van der Waals surface area contributed by atoms with Gasteiger partial charge in [0.2, 0.25) is 0 Å². The van der Waals surface area contributed by atoms with Gasteiger partial charge in [0.05, 0.1) is 0 Å². The van der Waals surface area contributed by atoms with Gasteiger partial charge in [0, 0.05) is 0 Å². The standard InChI is InChI=1S/C11H17S.2ClH.Ti/c1-11(2,3)12-9-8-10-6-4-5-7-10;;;/h4,6H,5,8-9H2,1-3H3;2*1H;/q;;;+2/p-2. The molecule has 0 bridgehead atoms. The molecule has 0 spiro atoms. The van der Waals surface area contributed by atoms with Gasteiger partial charge in [0.1, 0.15) is 0 Å². The van der Waals surface area contributed by atoms with E-state index in [0.29, 0.717) is 4.75 Å². The van der Waals surface area contributed by atoms with Crippen LogP contribution >= 0.6 is 11.8 Å². The van der Waals surface area contributed by atoms with Crippen LogP contribution in [0.1, 0.15) is 33.6 Å². The van der Waals surface area contributed by atoms with Crippen molar-refractivity contribution in [2.45, 2.75) is 38.4 Å². The molecule has 0 saturated heterocycles. The van der Waals surface area contributed by atoms with Crippen molar-refractivity contribution in [3.05, 3.63) is 21.6 Å². The molecule has 0 heterocycles. The second-order valence-corrected chi connectivity index (χ2v) is 7.19. The average Bonchev–Trinajstić information content (AvgIpc) is 2.34. The largest absolute Gasteiger partial charge is 1.00 e. The fourth-order valence-corrected chi connectivity index (χ4v) is 2.70. The molecule has 1 rings (SSSR count). The molecule has 0 aromatic carbocycles. The molecular formula is C11H17Cl2STi. The van der Waals surface area contributed by atoms with E-state index in [9.17, 15) is 0 Å². The Hall–Kier alpha value is 1.12. The van der Waals surface area contributed by atoms with Crippen molar-refractivity contribution in [1.29, 1.82) is 0 Å². The summed E-state index contributed by atoms with van der Waals surface area (Å²) in [6, 6.07) is 0. The zero-order valence-electron chi connectivity index (χ0n) is 9.44. The van der Waals surface area contributed by atoms with Gasteiger partial charge in [-0.2, -0.15) is 0 Å². The van der Waals surface area contributed by atoms with Crippen LogP contribution in [0.2, 0.25) is 0 Å². The third-order valence-electron chi connectivity index (χ3n) is 1.94. The van der Waals surface area contributed by atoms with Crippen molar-refractivity contribution in [3.8, 4) is 0 Å². The van der Waals surface area contributed by atoms with Crippen LogP contribution in [-0.4, -0.2) is 10.5 Å². The zero-order chi connectivity index (χ0) is 9.90. The third-order valence-corrected chi connectivity index (χ3v) is 4.03. The monoisotopic (exact) mass is 299 g/mol. The molecule has 0 aromatic heterocycles. The van der Waals surface area contributed by atoms with Crippen molar-refractivity contribution in [3.63, 3.8) is 0 Å². The minimum Gasteiger partial charge on any atom is -1.00 e. The van der Waals surface area contributed by atoms with Crippen molar-refractivity contribution >= 4 is 11.8 Å². The van der Waals surface area contributed by atoms with Gasteiger partial charge in [-0.05, 0) is 0 Å². The molecule has 0 N–H and O–H groups in total. The van der Waals surface area contributed by atoms with Crippen LogP contribution in [0.25, 0.3) is 0 Å². The molecule has 0 nitrogen and oxygen atoms in total. The molecule has 0 aliphatic heterocycles. The quantitative estimate of drug-likeness (QED) is 0.527. The van der Waals surface area contributed by atoms with Gasteiger partial charge in [-0.3, -0.25) is 0 Å². The SMILES string of the molecule is CC(C)(C)SCCC1=[C]([Ti+2])CC=C1.[Cl-].[Cl-]. The summed E-state index contributed by atoms with van der Waals surface area (Å²) in [6.45, 7) is 6.84. The van der Waals surface area contributed by atoms with Gasteiger partial charge < -0.3 is 24.8 Å². The van der Waals surface area contributed by atoms with Crippen molar-refractivity contribution in [2.24, 2.45) is 0 Å². The van der Waals surface area contributed by atoms with Gasteiger partial charge in [0.25, 0.3) is 0 Å². The zero-order valence-corrected chi connectivity index (χ0v) is 13.3. The fraction of sp³-hybridized carbons (Fsp3) is 0.636. The molecule has 1 aliphatic carbocycles. The molecule has 0 saturated carbocycles. The van der Waals surface area contributed by atoms with E-state index in [1.54, 1.807) is 9.45 Å². The maximum absolute atomic E-state index is 2.29. The van der Waals surface area contributed by atoms with E-state index in [0.717, 1.165) is 0 Å². The number of allylic oxidation sites excluding steroid dienone is 4. The van der Waals surface area contributed by atoms with Gasteiger partial charge in [-0.25, -0.2) is 0 Å². The summed E-state index contributed by atoms with van der Waals surface area (Å²) in [5.74, 6) is 1.25. The molecule has 0 aromatic rings. The minimum atomic E-state index is 0. The number of hydrogen-bond donors (Lipinski definition) is 0. The summed E-state index contributed by atoms with van der Waals surface area (Å²) in [5, 5.41) is 0. The van der Waals surface area contributed by atoms with Crippen molar-refractivity contribution in [1.82, 2.24) is 0 Å². The van der Waals surface area contributed by atoms with Gasteiger partial charge >= 0.3 is 97.9 Å². The molecule has 0 amide bonds. The van der Waals surface area contributed by atoms with Crippen molar-refractivity contribution < 1.29 is 45.2 Å². The van der Waals surface area contributed by atoms with Crippen LogP contribution < -0.4 is 24.8 Å². The Kier molecular flexibility index (Phi) is 10.2. The van der Waals surface area contributed by atoms with Gasteiger partial charge in [-0.15, -0.1) is 0 Å². The van der Waals surface area contributed by atoms with Crippen LogP contribution in [0.4, 0.5) is 0 Å². The van der Waals surface area contributed by atoms with Crippen LogP contribution in [0.15, 0.2) is 21.6 Å². The predicted octanol–water partition coefficient (Wildman–Crippen LogP) is -2.32. The van der Waals surface area contributed by atoms with Gasteiger partial charge in [0.15, 0.2) is 0 Å². The van der Waals surface area contributed by atoms with Crippen molar-refractivity contribution in [2.75, 3.05) is 5.75 Å². The summed E-state index contributed by atoms with van der Waals surface area (Å²) in [6.07, 6.45) is 6.98. The Labute approximate surface area is 122 Å². The summed E-state index contributed by atoms with van der Waals surface area (Å²) in [4.78, 5) is 0. The molecule has 15 heavy (non-hydrogen) atoms. The Morgan fingerprint density at radius 2 is 1.93 bits per heavy atom. The van der Waals surface area contributed by atoms with E-state index < -0.39 is 0 Å². The average molecular weight is 300 g/mol. The van der Waals surface area contributed by atoms with E-state index in [4.69, 9.17) is 0 Å². The van der Waals surface area contributed by atoms with Crippen LogP contribution in [0.3, 0.4) is 0 Å². The third kappa shape index (κ3) is 7.93. The first-order chi connectivity index (χ1) is 5.99. The topological polar surface area (TPSA) is 0 Å². The summed E-state index contributed by atoms with van der Waals surface area (Å²) in [7, 11) is 0.